The summed E-state index contributed by atoms with van der Waals surface area (Å²) < 4.78 is 5.74. The maximum absolute atomic E-state index is 5.92. The van der Waals surface area contributed by atoms with Gasteiger partial charge in [0.05, 0.1) is 12.0 Å². The van der Waals surface area contributed by atoms with Gasteiger partial charge >= 0.3 is 0 Å². The molecule has 1 unspecified atom stereocenters. The Morgan fingerprint density at radius 3 is 3.12 bits per heavy atom. The first-order valence-corrected chi connectivity index (χ1v) is 6.67. The van der Waals surface area contributed by atoms with E-state index in [4.69, 9.17) is 16.3 Å². The second-order valence-corrected chi connectivity index (χ2v) is 4.76. The van der Waals surface area contributed by atoms with Crippen LogP contribution >= 0.6 is 11.6 Å². The third-order valence-electron chi connectivity index (χ3n) is 3.12. The highest BCUT2D eigenvalue weighted by atomic mass is 35.5. The van der Waals surface area contributed by atoms with Crippen LogP contribution < -0.4 is 4.90 Å². The average molecular weight is 255 g/mol. The van der Waals surface area contributed by atoms with Crippen molar-refractivity contribution in [1.82, 2.24) is 4.98 Å². The quantitative estimate of drug-likeness (QED) is 0.773. The van der Waals surface area contributed by atoms with Crippen LogP contribution in [0.3, 0.4) is 0 Å². The lowest BCUT2D eigenvalue weighted by atomic mass is 10.1. The molecule has 0 N–H and O–H groups in total. The van der Waals surface area contributed by atoms with Crippen LogP contribution in [0.2, 0.25) is 0 Å². The number of alkyl halides is 1. The summed E-state index contributed by atoms with van der Waals surface area (Å²) >= 11 is 5.92. The van der Waals surface area contributed by atoms with Gasteiger partial charge in [0.25, 0.3) is 0 Å². The minimum absolute atomic E-state index is 0.332. The fraction of sp³-hybridized carbons (Fsp3) is 0.615. The molecular formula is C13H19ClN2O. The summed E-state index contributed by atoms with van der Waals surface area (Å²) in [7, 11) is 2.05. The van der Waals surface area contributed by atoms with E-state index in [0.717, 1.165) is 31.0 Å². The van der Waals surface area contributed by atoms with Gasteiger partial charge in [-0.25, -0.2) is 4.98 Å². The molecular weight excluding hydrogens is 236 g/mol. The number of aromatic nitrogens is 1. The van der Waals surface area contributed by atoms with Gasteiger partial charge in [-0.15, -0.1) is 11.6 Å². The topological polar surface area (TPSA) is 25.4 Å². The third kappa shape index (κ3) is 3.33. The molecule has 0 aliphatic carbocycles. The third-order valence-corrected chi connectivity index (χ3v) is 3.41. The fourth-order valence-corrected chi connectivity index (χ4v) is 2.43. The van der Waals surface area contributed by atoms with Gasteiger partial charge in [-0.1, -0.05) is 6.07 Å². The number of rotatable bonds is 4. The normalized spacial score (nSPS) is 20.2. The van der Waals surface area contributed by atoms with E-state index in [1.807, 2.05) is 18.3 Å². The van der Waals surface area contributed by atoms with E-state index in [-0.39, 0.29) is 0 Å². The van der Waals surface area contributed by atoms with Crippen LogP contribution in [0.25, 0.3) is 0 Å². The Hall–Kier alpha value is -0.800. The van der Waals surface area contributed by atoms with E-state index in [2.05, 4.69) is 16.9 Å². The Morgan fingerprint density at radius 1 is 1.53 bits per heavy atom. The van der Waals surface area contributed by atoms with Gasteiger partial charge in [0, 0.05) is 32.0 Å². The lowest BCUT2D eigenvalue weighted by molar-refractivity contribution is 0.0215. The number of nitrogens with zero attached hydrogens (tertiary/aromatic N) is 2. The first-order chi connectivity index (χ1) is 8.31. The van der Waals surface area contributed by atoms with Crippen molar-refractivity contribution in [3.63, 3.8) is 0 Å². The molecule has 4 heteroatoms. The van der Waals surface area contributed by atoms with E-state index in [9.17, 15) is 0 Å². The van der Waals surface area contributed by atoms with Crippen molar-refractivity contribution in [2.45, 2.75) is 31.2 Å². The van der Waals surface area contributed by atoms with Crippen molar-refractivity contribution >= 4 is 17.4 Å². The summed E-state index contributed by atoms with van der Waals surface area (Å²) in [6, 6.07) is 3.94. The van der Waals surface area contributed by atoms with E-state index in [0.29, 0.717) is 12.0 Å². The number of hydrogen-bond acceptors (Lipinski definition) is 3. The minimum atomic E-state index is 0.332. The number of ether oxygens (including phenoxy) is 1. The largest absolute Gasteiger partial charge is 0.376 e. The SMILES string of the molecule is CN(CC1CCCCO1)c1ncccc1CCl. The molecule has 2 heterocycles. The Bertz CT molecular complexity index is 353. The van der Waals surface area contributed by atoms with E-state index in [1.165, 1.54) is 12.8 Å². The molecule has 3 nitrogen and oxygen atoms in total. The first kappa shape index (κ1) is 12.7. The summed E-state index contributed by atoms with van der Waals surface area (Å²) in [5.74, 6) is 1.47. The zero-order valence-corrected chi connectivity index (χ0v) is 11.0. The predicted molar refractivity (Wildman–Crippen MR) is 70.7 cm³/mol. The summed E-state index contributed by atoms with van der Waals surface area (Å²) in [5, 5.41) is 0. The molecule has 17 heavy (non-hydrogen) atoms. The second-order valence-electron chi connectivity index (χ2n) is 4.49. The fourth-order valence-electron chi connectivity index (χ4n) is 2.22. The van der Waals surface area contributed by atoms with Crippen molar-refractivity contribution in [3.8, 4) is 0 Å². The number of likely N-dealkylation sites (N-methyl/N-ethyl adjacent to an activating group) is 1. The second kappa shape index (κ2) is 6.22. The molecule has 0 aromatic carbocycles. The van der Waals surface area contributed by atoms with Crippen molar-refractivity contribution in [2.24, 2.45) is 0 Å². The molecule has 0 radical (unpaired) electrons. The summed E-state index contributed by atoms with van der Waals surface area (Å²) in [5.41, 5.74) is 1.08. The summed E-state index contributed by atoms with van der Waals surface area (Å²) in [4.78, 5) is 6.55. The van der Waals surface area contributed by atoms with Gasteiger partial charge in [-0.3, -0.25) is 0 Å². The molecule has 1 fully saturated rings. The molecule has 0 bridgehead atoms. The van der Waals surface area contributed by atoms with E-state index in [1.54, 1.807) is 0 Å². The highest BCUT2D eigenvalue weighted by Gasteiger charge is 2.17. The first-order valence-electron chi connectivity index (χ1n) is 6.14. The van der Waals surface area contributed by atoms with Crippen LogP contribution in [0.4, 0.5) is 5.82 Å². The molecule has 1 aliphatic heterocycles. The number of halogens is 1. The molecule has 1 aromatic rings. The lowest BCUT2D eigenvalue weighted by Crippen LogP contribution is -2.34. The Balaban J connectivity index is 2.00. The molecule has 0 amide bonds. The smallest absolute Gasteiger partial charge is 0.132 e. The minimum Gasteiger partial charge on any atom is -0.376 e. The molecule has 1 aliphatic rings. The van der Waals surface area contributed by atoms with Gasteiger partial charge < -0.3 is 9.64 Å². The van der Waals surface area contributed by atoms with Gasteiger partial charge in [-0.2, -0.15) is 0 Å². The number of hydrogen-bond donors (Lipinski definition) is 0. The monoisotopic (exact) mass is 254 g/mol. The maximum atomic E-state index is 5.92. The van der Waals surface area contributed by atoms with Crippen molar-refractivity contribution in [3.05, 3.63) is 23.9 Å². The van der Waals surface area contributed by atoms with Gasteiger partial charge in [0.15, 0.2) is 0 Å². The van der Waals surface area contributed by atoms with Crippen LogP contribution in [0, 0.1) is 0 Å². The number of anilines is 1. The predicted octanol–water partition coefficient (Wildman–Crippen LogP) is 2.83. The van der Waals surface area contributed by atoms with Gasteiger partial charge in [-0.05, 0) is 25.3 Å². The van der Waals surface area contributed by atoms with Crippen molar-refractivity contribution in [1.29, 1.82) is 0 Å². The van der Waals surface area contributed by atoms with Crippen LogP contribution in [0.5, 0.6) is 0 Å². The molecule has 0 saturated carbocycles. The zero-order chi connectivity index (χ0) is 12.1. The van der Waals surface area contributed by atoms with E-state index < -0.39 is 0 Å². The lowest BCUT2D eigenvalue weighted by Gasteiger charge is -2.28. The summed E-state index contributed by atoms with van der Waals surface area (Å²) in [6.45, 7) is 1.78. The average Bonchev–Trinajstić information content (AvgIpc) is 2.40. The molecule has 0 spiro atoms. The van der Waals surface area contributed by atoms with Crippen molar-refractivity contribution in [2.75, 3.05) is 25.1 Å². The Morgan fingerprint density at radius 2 is 2.41 bits per heavy atom. The van der Waals surface area contributed by atoms with Gasteiger partial charge in [0.2, 0.25) is 0 Å². The molecule has 2 rings (SSSR count). The summed E-state index contributed by atoms with van der Waals surface area (Å²) in [6.07, 6.45) is 5.75. The van der Waals surface area contributed by atoms with Crippen LogP contribution in [-0.2, 0) is 10.6 Å². The van der Waals surface area contributed by atoms with Gasteiger partial charge in [0.1, 0.15) is 5.82 Å². The highest BCUT2D eigenvalue weighted by Crippen LogP contribution is 2.20. The maximum Gasteiger partial charge on any atom is 0.132 e. The molecule has 1 saturated heterocycles. The van der Waals surface area contributed by atoms with Crippen LogP contribution in [0.15, 0.2) is 18.3 Å². The van der Waals surface area contributed by atoms with Crippen molar-refractivity contribution < 1.29 is 4.74 Å². The number of pyridine rings is 1. The molecule has 94 valence electrons. The highest BCUT2D eigenvalue weighted by molar-refractivity contribution is 6.17. The van der Waals surface area contributed by atoms with Crippen LogP contribution in [-0.4, -0.2) is 31.3 Å². The van der Waals surface area contributed by atoms with E-state index >= 15 is 0 Å². The Labute approximate surface area is 108 Å². The standard InChI is InChI=1S/C13H19ClN2O/c1-16(10-12-6-2-3-8-17-12)13-11(9-14)5-4-7-15-13/h4-5,7,12H,2-3,6,8-10H2,1H3. The Kier molecular flexibility index (Phi) is 4.63. The molecule has 1 atom stereocenters. The molecule has 1 aromatic heterocycles. The zero-order valence-electron chi connectivity index (χ0n) is 10.2. The van der Waals surface area contributed by atoms with Crippen LogP contribution in [0.1, 0.15) is 24.8 Å².